The number of nitrogens with zero attached hydrogens (tertiary/aromatic N) is 2. The van der Waals surface area contributed by atoms with Gasteiger partial charge in [-0.2, -0.15) is 0 Å². The molecule has 0 aliphatic carbocycles. The molecule has 1 unspecified atom stereocenters. The number of carboxylic acids is 1. The summed E-state index contributed by atoms with van der Waals surface area (Å²) in [5.41, 5.74) is 0.559. The van der Waals surface area contributed by atoms with E-state index in [4.69, 9.17) is 19.3 Å². The first-order valence-corrected chi connectivity index (χ1v) is 8.89. The zero-order valence-corrected chi connectivity index (χ0v) is 16.6. The Morgan fingerprint density at radius 2 is 1.79 bits per heavy atom. The molecule has 0 aromatic heterocycles. The summed E-state index contributed by atoms with van der Waals surface area (Å²) >= 11 is 0. The van der Waals surface area contributed by atoms with Crippen LogP contribution in [0.3, 0.4) is 0 Å². The van der Waals surface area contributed by atoms with Gasteiger partial charge in [0.25, 0.3) is 0 Å². The van der Waals surface area contributed by atoms with E-state index in [2.05, 4.69) is 0 Å². The lowest BCUT2D eigenvalue weighted by atomic mass is 10.1. The molecule has 2 amide bonds. The Hall–Kier alpha value is -2.97. The predicted octanol–water partition coefficient (Wildman–Crippen LogP) is 1.39. The molecule has 2 rings (SSSR count). The number of carbonyl (C=O) groups is 3. The van der Waals surface area contributed by atoms with Crippen molar-refractivity contribution in [1.29, 1.82) is 0 Å². The second-order valence-corrected chi connectivity index (χ2v) is 6.55. The topological polar surface area (TPSA) is 106 Å². The number of anilines is 1. The Bertz CT molecular complexity index is 725. The fourth-order valence-electron chi connectivity index (χ4n) is 3.23. The molecule has 1 aromatic rings. The molecule has 154 valence electrons. The van der Waals surface area contributed by atoms with Gasteiger partial charge in [-0.05, 0) is 6.42 Å². The Kier molecular flexibility index (Phi) is 7.08. The van der Waals surface area contributed by atoms with Gasteiger partial charge < -0.3 is 29.1 Å². The van der Waals surface area contributed by atoms with Crippen molar-refractivity contribution in [2.75, 3.05) is 46.4 Å². The Morgan fingerprint density at radius 3 is 2.29 bits per heavy atom. The average molecular weight is 394 g/mol. The highest BCUT2D eigenvalue weighted by Gasteiger charge is 2.37. The van der Waals surface area contributed by atoms with Gasteiger partial charge in [0.15, 0.2) is 11.5 Å². The minimum atomic E-state index is -0.898. The van der Waals surface area contributed by atoms with Gasteiger partial charge in [-0.1, -0.05) is 0 Å². The van der Waals surface area contributed by atoms with Crippen LogP contribution in [0.2, 0.25) is 0 Å². The van der Waals surface area contributed by atoms with Gasteiger partial charge in [0, 0.05) is 45.1 Å². The van der Waals surface area contributed by atoms with Crippen LogP contribution in [0.25, 0.3) is 0 Å². The highest BCUT2D eigenvalue weighted by molar-refractivity contribution is 6.00. The van der Waals surface area contributed by atoms with Crippen molar-refractivity contribution in [3.05, 3.63) is 12.1 Å². The molecular formula is C19H26N2O7. The molecular weight excluding hydrogens is 368 g/mol. The molecule has 0 bridgehead atoms. The molecule has 1 fully saturated rings. The molecule has 1 aromatic carbocycles. The maximum absolute atomic E-state index is 12.6. The van der Waals surface area contributed by atoms with Crippen molar-refractivity contribution < 1.29 is 33.7 Å². The van der Waals surface area contributed by atoms with Gasteiger partial charge in [-0.15, -0.1) is 0 Å². The Labute approximate surface area is 163 Å². The van der Waals surface area contributed by atoms with E-state index >= 15 is 0 Å². The van der Waals surface area contributed by atoms with E-state index in [1.807, 2.05) is 0 Å². The zero-order chi connectivity index (χ0) is 20.8. The van der Waals surface area contributed by atoms with Crippen LogP contribution in [0.4, 0.5) is 5.69 Å². The summed E-state index contributed by atoms with van der Waals surface area (Å²) in [6.45, 7) is 0.569. The van der Waals surface area contributed by atoms with Crippen molar-refractivity contribution in [3.63, 3.8) is 0 Å². The third-order valence-electron chi connectivity index (χ3n) is 4.70. The summed E-state index contributed by atoms with van der Waals surface area (Å²) in [6.07, 6.45) is 0.465. The molecule has 0 saturated carbocycles. The number of aliphatic carboxylic acids is 1. The quantitative estimate of drug-likeness (QED) is 0.675. The fourth-order valence-corrected chi connectivity index (χ4v) is 3.23. The van der Waals surface area contributed by atoms with Crippen molar-refractivity contribution >= 4 is 23.5 Å². The SMILES string of the molecule is COc1cc(N2CC(C(=O)N(C)CCCC(=O)O)CC2=O)cc(OC)c1OC. The van der Waals surface area contributed by atoms with Crippen LogP contribution < -0.4 is 19.1 Å². The lowest BCUT2D eigenvalue weighted by molar-refractivity contribution is -0.138. The van der Waals surface area contributed by atoms with Gasteiger partial charge in [-0.3, -0.25) is 14.4 Å². The summed E-state index contributed by atoms with van der Waals surface area (Å²) in [5.74, 6) is -0.464. The van der Waals surface area contributed by atoms with Crippen LogP contribution in [-0.4, -0.2) is 69.3 Å². The third-order valence-corrected chi connectivity index (χ3v) is 4.70. The number of methoxy groups -OCH3 is 3. The van der Waals surface area contributed by atoms with E-state index < -0.39 is 11.9 Å². The third kappa shape index (κ3) is 4.65. The molecule has 1 N–H and O–H groups in total. The van der Waals surface area contributed by atoms with E-state index in [9.17, 15) is 14.4 Å². The van der Waals surface area contributed by atoms with Crippen LogP contribution >= 0.6 is 0 Å². The van der Waals surface area contributed by atoms with E-state index in [0.717, 1.165) is 0 Å². The zero-order valence-electron chi connectivity index (χ0n) is 16.6. The molecule has 1 heterocycles. The summed E-state index contributed by atoms with van der Waals surface area (Å²) in [7, 11) is 6.10. The first kappa shape index (κ1) is 21.3. The number of rotatable bonds is 9. The van der Waals surface area contributed by atoms with Gasteiger partial charge in [0.05, 0.1) is 32.9 Å². The number of ether oxygens (including phenoxy) is 3. The molecule has 0 spiro atoms. The van der Waals surface area contributed by atoms with E-state index in [-0.39, 0.29) is 31.2 Å². The highest BCUT2D eigenvalue weighted by Crippen LogP contribution is 2.42. The number of hydrogen-bond acceptors (Lipinski definition) is 6. The number of carbonyl (C=O) groups excluding carboxylic acids is 2. The van der Waals surface area contributed by atoms with Crippen LogP contribution in [0.5, 0.6) is 17.2 Å². The fraction of sp³-hybridized carbons (Fsp3) is 0.526. The lowest BCUT2D eigenvalue weighted by Gasteiger charge is -2.22. The van der Waals surface area contributed by atoms with Crippen molar-refractivity contribution in [3.8, 4) is 17.2 Å². The second kappa shape index (κ2) is 9.29. The normalized spacial score (nSPS) is 16.1. The molecule has 9 heteroatoms. The molecule has 9 nitrogen and oxygen atoms in total. The van der Waals surface area contributed by atoms with E-state index in [1.54, 1.807) is 19.2 Å². The van der Waals surface area contributed by atoms with Gasteiger partial charge in [-0.25, -0.2) is 0 Å². The maximum atomic E-state index is 12.6. The predicted molar refractivity (Wildman–Crippen MR) is 101 cm³/mol. The smallest absolute Gasteiger partial charge is 0.303 e. The largest absolute Gasteiger partial charge is 0.493 e. The lowest BCUT2D eigenvalue weighted by Crippen LogP contribution is -2.35. The number of hydrogen-bond donors (Lipinski definition) is 1. The van der Waals surface area contributed by atoms with E-state index in [1.165, 1.54) is 31.1 Å². The first-order chi connectivity index (χ1) is 13.3. The standard InChI is InChI=1S/C19H26N2O7/c1-20(7-5-6-17(23)24)19(25)12-8-16(22)21(11-12)13-9-14(26-2)18(28-4)15(10-13)27-3/h9-10,12H,5-8,11H2,1-4H3,(H,23,24). The van der Waals surface area contributed by atoms with Gasteiger partial charge >= 0.3 is 5.97 Å². The molecule has 1 aliphatic heterocycles. The van der Waals surface area contributed by atoms with E-state index in [0.29, 0.717) is 35.9 Å². The van der Waals surface area contributed by atoms with Crippen LogP contribution in [0.15, 0.2) is 12.1 Å². The molecule has 1 saturated heterocycles. The molecule has 1 atom stereocenters. The van der Waals surface area contributed by atoms with Crippen molar-refractivity contribution in [2.24, 2.45) is 5.92 Å². The van der Waals surface area contributed by atoms with Crippen molar-refractivity contribution in [1.82, 2.24) is 4.90 Å². The summed E-state index contributed by atoms with van der Waals surface area (Å²) in [6, 6.07) is 3.34. The summed E-state index contributed by atoms with van der Waals surface area (Å²) in [5, 5.41) is 8.71. The van der Waals surface area contributed by atoms with Crippen LogP contribution in [0.1, 0.15) is 19.3 Å². The monoisotopic (exact) mass is 394 g/mol. The Morgan fingerprint density at radius 1 is 1.18 bits per heavy atom. The molecule has 28 heavy (non-hydrogen) atoms. The van der Waals surface area contributed by atoms with Gasteiger partial charge in [0.1, 0.15) is 0 Å². The van der Waals surface area contributed by atoms with Crippen molar-refractivity contribution in [2.45, 2.75) is 19.3 Å². The summed E-state index contributed by atoms with van der Waals surface area (Å²) < 4.78 is 15.9. The maximum Gasteiger partial charge on any atom is 0.303 e. The first-order valence-electron chi connectivity index (χ1n) is 8.89. The Balaban J connectivity index is 2.14. The number of amides is 2. The average Bonchev–Trinajstić information content (AvgIpc) is 3.07. The second-order valence-electron chi connectivity index (χ2n) is 6.55. The minimum Gasteiger partial charge on any atom is -0.493 e. The number of carboxylic acid groups (broad SMARTS) is 1. The van der Waals surface area contributed by atoms with Crippen LogP contribution in [-0.2, 0) is 14.4 Å². The highest BCUT2D eigenvalue weighted by atomic mass is 16.5. The molecule has 1 aliphatic rings. The van der Waals surface area contributed by atoms with Crippen LogP contribution in [0, 0.1) is 5.92 Å². The van der Waals surface area contributed by atoms with Gasteiger partial charge in [0.2, 0.25) is 17.6 Å². The number of benzene rings is 1. The molecule has 0 radical (unpaired) electrons. The summed E-state index contributed by atoms with van der Waals surface area (Å²) in [4.78, 5) is 38.8. The minimum absolute atomic E-state index is 0.00121.